The molecule has 0 radical (unpaired) electrons. The standard InChI is InChI=1S/C19H28O3/c1-5-6-7-8-10-19(12-20)11-9-16-15(4)17(21)13(2)14(3)18(16)22-19/h12,21H,5-11H2,1-4H3. The van der Waals surface area contributed by atoms with Crippen molar-refractivity contribution in [1.29, 1.82) is 0 Å². The van der Waals surface area contributed by atoms with E-state index < -0.39 is 5.60 Å². The first kappa shape index (κ1) is 16.9. The zero-order chi connectivity index (χ0) is 16.3. The van der Waals surface area contributed by atoms with Gasteiger partial charge < -0.3 is 9.84 Å². The summed E-state index contributed by atoms with van der Waals surface area (Å²) in [5.41, 5.74) is 3.08. The fourth-order valence-electron chi connectivity index (χ4n) is 3.37. The lowest BCUT2D eigenvalue weighted by atomic mass is 9.84. The Labute approximate surface area is 133 Å². The van der Waals surface area contributed by atoms with Crippen LogP contribution in [-0.4, -0.2) is 17.0 Å². The summed E-state index contributed by atoms with van der Waals surface area (Å²) >= 11 is 0. The second-order valence-electron chi connectivity index (χ2n) is 6.63. The molecule has 0 aromatic heterocycles. The van der Waals surface area contributed by atoms with Gasteiger partial charge in [-0.3, -0.25) is 4.79 Å². The van der Waals surface area contributed by atoms with E-state index in [4.69, 9.17) is 4.74 Å². The van der Waals surface area contributed by atoms with E-state index >= 15 is 0 Å². The van der Waals surface area contributed by atoms with Gasteiger partial charge in [-0.1, -0.05) is 26.2 Å². The van der Waals surface area contributed by atoms with Crippen molar-refractivity contribution in [2.45, 2.75) is 78.2 Å². The van der Waals surface area contributed by atoms with Gasteiger partial charge >= 0.3 is 0 Å². The predicted octanol–water partition coefficient (Wildman–Crippen LogP) is 4.55. The van der Waals surface area contributed by atoms with Gasteiger partial charge in [0.05, 0.1) is 0 Å². The molecule has 2 rings (SSSR count). The first-order valence-electron chi connectivity index (χ1n) is 8.42. The molecule has 1 aromatic rings. The summed E-state index contributed by atoms with van der Waals surface area (Å²) in [4.78, 5) is 11.7. The zero-order valence-corrected chi connectivity index (χ0v) is 14.3. The third-order valence-corrected chi connectivity index (χ3v) is 5.11. The minimum absolute atomic E-state index is 0.362. The van der Waals surface area contributed by atoms with E-state index in [1.807, 2.05) is 20.8 Å². The van der Waals surface area contributed by atoms with Crippen molar-refractivity contribution in [2.24, 2.45) is 0 Å². The van der Waals surface area contributed by atoms with Crippen LogP contribution in [0.25, 0.3) is 0 Å². The summed E-state index contributed by atoms with van der Waals surface area (Å²) in [6, 6.07) is 0. The summed E-state index contributed by atoms with van der Waals surface area (Å²) in [6.07, 6.45) is 7.85. The Hall–Kier alpha value is -1.51. The lowest BCUT2D eigenvalue weighted by Gasteiger charge is -2.36. The third-order valence-electron chi connectivity index (χ3n) is 5.11. The van der Waals surface area contributed by atoms with Crippen LogP contribution in [0.15, 0.2) is 0 Å². The lowest BCUT2D eigenvalue weighted by Crippen LogP contribution is -2.41. The van der Waals surface area contributed by atoms with Gasteiger partial charge in [0.25, 0.3) is 0 Å². The Morgan fingerprint density at radius 1 is 1.14 bits per heavy atom. The Morgan fingerprint density at radius 3 is 2.50 bits per heavy atom. The van der Waals surface area contributed by atoms with Crippen LogP contribution in [0.4, 0.5) is 0 Å². The maximum absolute atomic E-state index is 11.7. The molecule has 0 saturated heterocycles. The molecule has 0 aliphatic carbocycles. The molecule has 1 aliphatic heterocycles. The van der Waals surface area contributed by atoms with E-state index in [-0.39, 0.29) is 0 Å². The fraction of sp³-hybridized carbons (Fsp3) is 0.632. The van der Waals surface area contributed by atoms with Crippen LogP contribution in [0, 0.1) is 20.8 Å². The summed E-state index contributed by atoms with van der Waals surface area (Å²) in [5, 5.41) is 10.2. The van der Waals surface area contributed by atoms with Gasteiger partial charge in [-0.15, -0.1) is 0 Å². The summed E-state index contributed by atoms with van der Waals surface area (Å²) in [6.45, 7) is 7.98. The van der Waals surface area contributed by atoms with E-state index in [0.717, 1.165) is 60.0 Å². The SMILES string of the molecule is CCCCCCC1(C=O)CCc2c(C)c(O)c(C)c(C)c2O1. The quantitative estimate of drug-likeness (QED) is 0.619. The minimum atomic E-state index is -0.679. The number of hydrogen-bond donors (Lipinski definition) is 1. The normalized spacial score (nSPS) is 20.4. The molecule has 0 bridgehead atoms. The van der Waals surface area contributed by atoms with Gasteiger partial charge in [-0.2, -0.15) is 0 Å². The minimum Gasteiger partial charge on any atom is -0.507 e. The molecule has 1 aromatic carbocycles. The number of fused-ring (bicyclic) bond motifs is 1. The Balaban J connectivity index is 2.27. The van der Waals surface area contributed by atoms with E-state index in [2.05, 4.69) is 6.92 Å². The molecule has 0 saturated carbocycles. The van der Waals surface area contributed by atoms with Gasteiger partial charge in [0.15, 0.2) is 11.9 Å². The van der Waals surface area contributed by atoms with Gasteiger partial charge in [-0.25, -0.2) is 0 Å². The number of carbonyl (C=O) groups is 1. The number of rotatable bonds is 6. The number of aldehydes is 1. The van der Waals surface area contributed by atoms with Crippen molar-refractivity contribution >= 4 is 6.29 Å². The highest BCUT2D eigenvalue weighted by molar-refractivity contribution is 5.67. The molecule has 1 unspecified atom stereocenters. The molecule has 0 fully saturated rings. The topological polar surface area (TPSA) is 46.5 Å². The van der Waals surface area contributed by atoms with Crippen LogP contribution in [-0.2, 0) is 11.2 Å². The van der Waals surface area contributed by atoms with Crippen LogP contribution in [0.3, 0.4) is 0 Å². The fourth-order valence-corrected chi connectivity index (χ4v) is 3.37. The second-order valence-corrected chi connectivity index (χ2v) is 6.63. The number of ether oxygens (including phenoxy) is 1. The van der Waals surface area contributed by atoms with Crippen molar-refractivity contribution in [3.8, 4) is 11.5 Å². The number of carbonyl (C=O) groups excluding carboxylic acids is 1. The van der Waals surface area contributed by atoms with Crippen molar-refractivity contribution in [3.05, 3.63) is 22.3 Å². The van der Waals surface area contributed by atoms with Crippen LogP contribution >= 0.6 is 0 Å². The van der Waals surface area contributed by atoms with Crippen molar-refractivity contribution < 1.29 is 14.6 Å². The number of benzene rings is 1. The number of hydrogen-bond acceptors (Lipinski definition) is 3. The summed E-state index contributed by atoms with van der Waals surface area (Å²) in [5.74, 6) is 1.18. The van der Waals surface area contributed by atoms with Crippen LogP contribution in [0.2, 0.25) is 0 Å². The largest absolute Gasteiger partial charge is 0.507 e. The van der Waals surface area contributed by atoms with Crippen molar-refractivity contribution in [2.75, 3.05) is 0 Å². The van der Waals surface area contributed by atoms with Crippen LogP contribution in [0.5, 0.6) is 11.5 Å². The van der Waals surface area contributed by atoms with E-state index in [1.54, 1.807) is 0 Å². The molecule has 1 aliphatic rings. The molecule has 0 spiro atoms. The Morgan fingerprint density at radius 2 is 1.86 bits per heavy atom. The Bertz CT molecular complexity index is 563. The first-order valence-corrected chi connectivity index (χ1v) is 8.42. The number of aromatic hydroxyl groups is 1. The van der Waals surface area contributed by atoms with E-state index in [9.17, 15) is 9.90 Å². The van der Waals surface area contributed by atoms with E-state index in [1.165, 1.54) is 12.8 Å². The maximum atomic E-state index is 11.7. The van der Waals surface area contributed by atoms with Gasteiger partial charge in [-0.05, 0) is 63.1 Å². The first-order chi connectivity index (χ1) is 10.5. The molecular weight excluding hydrogens is 276 g/mol. The molecule has 1 N–H and O–H groups in total. The van der Waals surface area contributed by atoms with Crippen LogP contribution in [0.1, 0.15) is 67.7 Å². The predicted molar refractivity (Wildman–Crippen MR) is 88.8 cm³/mol. The van der Waals surface area contributed by atoms with Crippen LogP contribution < -0.4 is 4.74 Å². The van der Waals surface area contributed by atoms with Gasteiger partial charge in [0.2, 0.25) is 0 Å². The number of phenols is 1. The molecule has 3 heteroatoms. The molecule has 1 heterocycles. The summed E-state index contributed by atoms with van der Waals surface area (Å²) < 4.78 is 6.22. The average Bonchev–Trinajstić information content (AvgIpc) is 2.55. The van der Waals surface area contributed by atoms with Gasteiger partial charge in [0.1, 0.15) is 11.5 Å². The molecule has 22 heavy (non-hydrogen) atoms. The van der Waals surface area contributed by atoms with Gasteiger partial charge in [0, 0.05) is 5.56 Å². The van der Waals surface area contributed by atoms with E-state index in [0.29, 0.717) is 12.2 Å². The molecular formula is C19H28O3. The highest BCUT2D eigenvalue weighted by Gasteiger charge is 2.37. The average molecular weight is 304 g/mol. The summed E-state index contributed by atoms with van der Waals surface area (Å²) in [7, 11) is 0. The maximum Gasteiger partial charge on any atom is 0.164 e. The molecule has 122 valence electrons. The smallest absolute Gasteiger partial charge is 0.164 e. The lowest BCUT2D eigenvalue weighted by molar-refractivity contribution is -0.123. The monoisotopic (exact) mass is 304 g/mol. The molecule has 1 atom stereocenters. The highest BCUT2D eigenvalue weighted by atomic mass is 16.5. The van der Waals surface area contributed by atoms with Crippen molar-refractivity contribution in [1.82, 2.24) is 0 Å². The molecule has 0 amide bonds. The third kappa shape index (κ3) is 2.99. The second kappa shape index (κ2) is 6.72. The van der Waals surface area contributed by atoms with Crippen molar-refractivity contribution in [3.63, 3.8) is 0 Å². The molecule has 3 nitrogen and oxygen atoms in total. The number of phenolic OH excluding ortho intramolecular Hbond substituents is 1. The Kier molecular flexibility index (Phi) is 5.15. The highest BCUT2D eigenvalue weighted by Crippen LogP contribution is 2.44. The number of unbranched alkanes of at least 4 members (excludes halogenated alkanes) is 3. The zero-order valence-electron chi connectivity index (χ0n) is 14.3.